The van der Waals surface area contributed by atoms with Crippen molar-refractivity contribution in [1.29, 1.82) is 0 Å². The summed E-state index contributed by atoms with van der Waals surface area (Å²) >= 11 is 6.71. The number of anilines is 2. The highest BCUT2D eigenvalue weighted by molar-refractivity contribution is 8.27. The molecule has 1 fully saturated rings. The van der Waals surface area contributed by atoms with Gasteiger partial charge in [0.2, 0.25) is 0 Å². The van der Waals surface area contributed by atoms with Crippen molar-refractivity contribution in [2.24, 2.45) is 0 Å². The molecule has 1 aliphatic heterocycles. The first-order chi connectivity index (χ1) is 16.4. The molecule has 0 atom stereocenters. The quantitative estimate of drug-likeness (QED) is 0.327. The van der Waals surface area contributed by atoms with Crippen LogP contribution in [0.15, 0.2) is 77.7 Å². The van der Waals surface area contributed by atoms with Gasteiger partial charge in [-0.3, -0.25) is 14.5 Å². The summed E-state index contributed by atoms with van der Waals surface area (Å²) < 4.78 is 6.27. The van der Waals surface area contributed by atoms with Gasteiger partial charge in [-0.25, -0.2) is 0 Å². The summed E-state index contributed by atoms with van der Waals surface area (Å²) in [7, 11) is 0. The number of rotatable bonds is 7. The molecule has 5 nitrogen and oxygen atoms in total. The summed E-state index contributed by atoms with van der Waals surface area (Å²) in [5, 5.41) is 2.84. The van der Waals surface area contributed by atoms with Crippen molar-refractivity contribution >= 4 is 57.6 Å². The second-order valence-corrected chi connectivity index (χ2v) is 9.45. The van der Waals surface area contributed by atoms with Crippen molar-refractivity contribution in [2.45, 2.75) is 20.3 Å². The van der Waals surface area contributed by atoms with Crippen LogP contribution in [0, 0.1) is 6.92 Å². The van der Waals surface area contributed by atoms with Crippen LogP contribution >= 0.6 is 24.0 Å². The first-order valence-electron chi connectivity index (χ1n) is 10.9. The van der Waals surface area contributed by atoms with E-state index in [1.807, 2.05) is 73.7 Å². The Balaban J connectivity index is 1.45. The standard InChI is InChI=1S/C27H24N2O3S2/c1-3-19-10-12-21(13-11-19)28-25(30)17-32-23-7-5-4-6-20(23)16-24-26(31)29(27(33)34-24)22-14-8-18(2)9-15-22/h4-16H,3,17H2,1-2H3,(H,28,30)/b24-16-. The van der Waals surface area contributed by atoms with Crippen LogP contribution in [-0.4, -0.2) is 22.7 Å². The second-order valence-electron chi connectivity index (χ2n) is 7.78. The van der Waals surface area contributed by atoms with Crippen molar-refractivity contribution < 1.29 is 14.3 Å². The molecule has 1 aliphatic rings. The van der Waals surface area contributed by atoms with Gasteiger partial charge >= 0.3 is 0 Å². The van der Waals surface area contributed by atoms with Gasteiger partial charge in [0.25, 0.3) is 11.8 Å². The van der Waals surface area contributed by atoms with Crippen LogP contribution in [0.25, 0.3) is 6.08 Å². The monoisotopic (exact) mass is 488 g/mol. The predicted molar refractivity (Wildman–Crippen MR) is 143 cm³/mol. The van der Waals surface area contributed by atoms with Crippen molar-refractivity contribution in [3.63, 3.8) is 0 Å². The van der Waals surface area contributed by atoms with Crippen molar-refractivity contribution in [3.8, 4) is 5.75 Å². The van der Waals surface area contributed by atoms with Gasteiger partial charge in [-0.2, -0.15) is 0 Å². The lowest BCUT2D eigenvalue weighted by Gasteiger charge is -2.14. The zero-order chi connectivity index (χ0) is 24.1. The van der Waals surface area contributed by atoms with Gasteiger partial charge in [0, 0.05) is 11.3 Å². The molecule has 0 aromatic heterocycles. The minimum atomic E-state index is -0.259. The summed E-state index contributed by atoms with van der Waals surface area (Å²) in [4.78, 5) is 27.5. The largest absolute Gasteiger partial charge is 0.483 e. The minimum Gasteiger partial charge on any atom is -0.483 e. The number of hydrogen-bond acceptors (Lipinski definition) is 5. The van der Waals surface area contributed by atoms with E-state index in [2.05, 4.69) is 12.2 Å². The SMILES string of the molecule is CCc1ccc(NC(=O)COc2ccccc2/C=C2\SC(=S)N(c3ccc(C)cc3)C2=O)cc1. The van der Waals surface area contributed by atoms with E-state index in [9.17, 15) is 9.59 Å². The lowest BCUT2D eigenvalue weighted by molar-refractivity contribution is -0.118. The molecule has 0 radical (unpaired) electrons. The van der Waals surface area contributed by atoms with Crippen LogP contribution in [0.1, 0.15) is 23.6 Å². The number of carbonyl (C=O) groups excluding carboxylic acids is 2. The van der Waals surface area contributed by atoms with Crippen LogP contribution in [0.2, 0.25) is 0 Å². The Morgan fingerprint density at radius 3 is 2.47 bits per heavy atom. The Hall–Kier alpha value is -3.42. The number of thiocarbonyl (C=S) groups is 1. The Kier molecular flexibility index (Phi) is 7.45. The maximum Gasteiger partial charge on any atom is 0.270 e. The van der Waals surface area contributed by atoms with Gasteiger partial charge < -0.3 is 10.1 Å². The summed E-state index contributed by atoms with van der Waals surface area (Å²) in [5.74, 6) is 0.0752. The summed E-state index contributed by atoms with van der Waals surface area (Å²) in [5.41, 5.74) is 4.48. The topological polar surface area (TPSA) is 58.6 Å². The Morgan fingerprint density at radius 2 is 1.76 bits per heavy atom. The lowest BCUT2D eigenvalue weighted by Crippen LogP contribution is -2.27. The second kappa shape index (κ2) is 10.7. The van der Waals surface area contributed by atoms with Crippen molar-refractivity contribution in [1.82, 2.24) is 0 Å². The molecule has 0 saturated carbocycles. The van der Waals surface area contributed by atoms with E-state index in [4.69, 9.17) is 17.0 Å². The molecule has 34 heavy (non-hydrogen) atoms. The van der Waals surface area contributed by atoms with Crippen LogP contribution < -0.4 is 15.0 Å². The average molecular weight is 489 g/mol. The van der Waals surface area contributed by atoms with E-state index >= 15 is 0 Å². The molecule has 1 heterocycles. The van der Waals surface area contributed by atoms with Crippen LogP contribution in [0.3, 0.4) is 0 Å². The van der Waals surface area contributed by atoms with E-state index in [1.54, 1.807) is 12.1 Å². The molecule has 0 aliphatic carbocycles. The molecule has 7 heteroatoms. The van der Waals surface area contributed by atoms with Gasteiger partial charge in [0.1, 0.15) is 5.75 Å². The number of hydrogen-bond donors (Lipinski definition) is 1. The Bertz CT molecular complexity index is 1250. The molecular weight excluding hydrogens is 464 g/mol. The number of nitrogens with one attached hydrogen (secondary N) is 1. The minimum absolute atomic E-state index is 0.148. The third kappa shape index (κ3) is 5.55. The fourth-order valence-corrected chi connectivity index (χ4v) is 4.71. The lowest BCUT2D eigenvalue weighted by atomic mass is 10.1. The van der Waals surface area contributed by atoms with Crippen LogP contribution in [-0.2, 0) is 16.0 Å². The van der Waals surface area contributed by atoms with Gasteiger partial charge in [0.05, 0.1) is 10.6 Å². The molecule has 0 unspecified atom stereocenters. The molecule has 1 N–H and O–H groups in total. The van der Waals surface area contributed by atoms with Gasteiger partial charge in [-0.1, -0.05) is 78.9 Å². The number of para-hydroxylation sites is 1. The molecule has 1 saturated heterocycles. The fourth-order valence-electron chi connectivity index (χ4n) is 3.42. The first-order valence-corrected chi connectivity index (χ1v) is 12.1. The van der Waals surface area contributed by atoms with E-state index in [-0.39, 0.29) is 18.4 Å². The number of amides is 2. The summed E-state index contributed by atoms with van der Waals surface area (Å²) in [6.45, 7) is 3.93. The molecule has 4 rings (SSSR count). The van der Waals surface area contributed by atoms with Gasteiger partial charge in [0.15, 0.2) is 10.9 Å². The van der Waals surface area contributed by atoms with Gasteiger partial charge in [-0.05, 0) is 55.3 Å². The molecular formula is C27H24N2O3S2. The first kappa shape index (κ1) is 23.7. The van der Waals surface area contributed by atoms with Crippen LogP contribution in [0.5, 0.6) is 5.75 Å². The maximum atomic E-state index is 13.1. The molecule has 172 valence electrons. The van der Waals surface area contributed by atoms with E-state index in [0.29, 0.717) is 20.5 Å². The van der Waals surface area contributed by atoms with Gasteiger partial charge in [-0.15, -0.1) is 0 Å². The molecule has 3 aromatic carbocycles. The van der Waals surface area contributed by atoms with Crippen molar-refractivity contribution in [3.05, 3.63) is 94.4 Å². The molecule has 0 bridgehead atoms. The fraction of sp³-hybridized carbons (Fsp3) is 0.148. The molecule has 0 spiro atoms. The number of aryl methyl sites for hydroxylation is 2. The number of thioether (sulfide) groups is 1. The number of ether oxygens (including phenoxy) is 1. The Morgan fingerprint density at radius 1 is 1.06 bits per heavy atom. The summed E-state index contributed by atoms with van der Waals surface area (Å²) in [6, 6.07) is 22.7. The Labute approximate surface area is 208 Å². The maximum absolute atomic E-state index is 13.1. The number of benzene rings is 3. The third-order valence-corrected chi connectivity index (χ3v) is 6.60. The smallest absolute Gasteiger partial charge is 0.270 e. The highest BCUT2D eigenvalue weighted by Crippen LogP contribution is 2.37. The van der Waals surface area contributed by atoms with E-state index in [0.717, 1.165) is 23.4 Å². The van der Waals surface area contributed by atoms with Crippen molar-refractivity contribution in [2.75, 3.05) is 16.8 Å². The number of nitrogens with zero attached hydrogens (tertiary/aromatic N) is 1. The average Bonchev–Trinajstić information content (AvgIpc) is 3.12. The third-order valence-electron chi connectivity index (χ3n) is 5.30. The molecule has 3 aromatic rings. The van der Waals surface area contributed by atoms with E-state index < -0.39 is 0 Å². The van der Waals surface area contributed by atoms with Crippen LogP contribution in [0.4, 0.5) is 11.4 Å². The number of carbonyl (C=O) groups is 2. The van der Waals surface area contributed by atoms with E-state index in [1.165, 1.54) is 22.2 Å². The zero-order valence-corrected chi connectivity index (χ0v) is 20.5. The normalized spacial score (nSPS) is 14.5. The highest BCUT2D eigenvalue weighted by atomic mass is 32.2. The molecule has 2 amide bonds. The predicted octanol–water partition coefficient (Wildman–Crippen LogP) is 5.98. The zero-order valence-electron chi connectivity index (χ0n) is 18.9. The highest BCUT2D eigenvalue weighted by Gasteiger charge is 2.33. The summed E-state index contributed by atoms with van der Waals surface area (Å²) in [6.07, 6.45) is 2.70.